The van der Waals surface area contributed by atoms with Crippen molar-refractivity contribution >= 4 is 5.69 Å². The number of methoxy groups -OCH3 is 1. The maximum Gasteiger partial charge on any atom is 0.120 e. The third-order valence-electron chi connectivity index (χ3n) is 2.17. The van der Waals surface area contributed by atoms with E-state index < -0.39 is 12.1 Å². The zero-order chi connectivity index (χ0) is 10.7. The van der Waals surface area contributed by atoms with Gasteiger partial charge in [-0.3, -0.25) is 0 Å². The predicted molar refractivity (Wildman–Crippen MR) is 56.0 cm³/mol. The second kappa shape index (κ2) is 4.30. The smallest absolute Gasteiger partial charge is 0.120 e. The van der Waals surface area contributed by atoms with Gasteiger partial charge in [-0.25, -0.2) is 0 Å². The first-order valence-corrected chi connectivity index (χ1v) is 4.43. The third-order valence-corrected chi connectivity index (χ3v) is 2.17. The van der Waals surface area contributed by atoms with Crippen LogP contribution in [0.3, 0.4) is 0 Å². The molecule has 0 spiro atoms. The number of nitrogens with two attached hydrogens (primary N) is 2. The maximum absolute atomic E-state index is 9.31. The summed E-state index contributed by atoms with van der Waals surface area (Å²) in [5.41, 5.74) is 12.8. The summed E-state index contributed by atoms with van der Waals surface area (Å²) in [4.78, 5) is 0. The molecule has 5 N–H and O–H groups in total. The van der Waals surface area contributed by atoms with Crippen molar-refractivity contribution in [1.82, 2.24) is 0 Å². The van der Waals surface area contributed by atoms with Gasteiger partial charge in [0.05, 0.1) is 19.3 Å². The van der Waals surface area contributed by atoms with Gasteiger partial charge in [0.1, 0.15) is 5.75 Å². The normalized spacial score (nSPS) is 14.9. The molecule has 4 nitrogen and oxygen atoms in total. The average molecular weight is 196 g/mol. The summed E-state index contributed by atoms with van der Waals surface area (Å²) < 4.78 is 5.01. The second-order valence-corrected chi connectivity index (χ2v) is 3.26. The zero-order valence-corrected chi connectivity index (χ0v) is 8.40. The van der Waals surface area contributed by atoms with E-state index in [-0.39, 0.29) is 0 Å². The molecule has 0 saturated heterocycles. The van der Waals surface area contributed by atoms with Gasteiger partial charge in [0, 0.05) is 11.8 Å². The maximum atomic E-state index is 9.31. The van der Waals surface area contributed by atoms with E-state index in [1.165, 1.54) is 0 Å². The topological polar surface area (TPSA) is 81.5 Å². The number of ether oxygens (including phenoxy) is 1. The lowest BCUT2D eigenvalue weighted by Crippen LogP contribution is -2.24. The molecule has 1 aromatic rings. The Balaban J connectivity index is 2.99. The van der Waals surface area contributed by atoms with E-state index in [0.29, 0.717) is 11.4 Å². The molecule has 0 fully saturated rings. The van der Waals surface area contributed by atoms with Crippen LogP contribution in [0.1, 0.15) is 18.5 Å². The Morgan fingerprint density at radius 1 is 1.43 bits per heavy atom. The van der Waals surface area contributed by atoms with Gasteiger partial charge in [-0.05, 0) is 18.6 Å². The van der Waals surface area contributed by atoms with Crippen LogP contribution in [0.4, 0.5) is 5.69 Å². The Hall–Kier alpha value is -1.26. The molecule has 0 saturated carbocycles. The molecule has 2 atom stereocenters. The molecule has 0 aromatic heterocycles. The molecule has 14 heavy (non-hydrogen) atoms. The van der Waals surface area contributed by atoms with Crippen LogP contribution < -0.4 is 16.2 Å². The first-order chi connectivity index (χ1) is 6.56. The van der Waals surface area contributed by atoms with E-state index >= 15 is 0 Å². The van der Waals surface area contributed by atoms with E-state index in [2.05, 4.69) is 0 Å². The van der Waals surface area contributed by atoms with Crippen molar-refractivity contribution in [3.8, 4) is 5.75 Å². The summed E-state index contributed by atoms with van der Waals surface area (Å²) in [6.07, 6.45) is -0.620. The van der Waals surface area contributed by atoms with Gasteiger partial charge in [0.2, 0.25) is 0 Å². The molecule has 1 rings (SSSR count). The largest absolute Gasteiger partial charge is 0.497 e. The minimum Gasteiger partial charge on any atom is -0.497 e. The van der Waals surface area contributed by atoms with Gasteiger partial charge < -0.3 is 21.3 Å². The molecular formula is C10H16N2O2. The summed E-state index contributed by atoms with van der Waals surface area (Å²) in [6.45, 7) is 1.63. The lowest BCUT2D eigenvalue weighted by atomic mass is 10.0. The summed E-state index contributed by atoms with van der Waals surface area (Å²) in [7, 11) is 1.57. The fourth-order valence-electron chi connectivity index (χ4n) is 1.24. The lowest BCUT2D eigenvalue weighted by Gasteiger charge is -2.17. The molecule has 0 aliphatic heterocycles. The van der Waals surface area contributed by atoms with E-state index in [1.807, 2.05) is 0 Å². The Morgan fingerprint density at radius 3 is 2.50 bits per heavy atom. The zero-order valence-electron chi connectivity index (χ0n) is 8.40. The number of anilines is 1. The highest BCUT2D eigenvalue weighted by atomic mass is 16.5. The van der Waals surface area contributed by atoms with Crippen LogP contribution in [-0.2, 0) is 0 Å². The van der Waals surface area contributed by atoms with Gasteiger partial charge in [-0.2, -0.15) is 0 Å². The van der Waals surface area contributed by atoms with Gasteiger partial charge in [-0.15, -0.1) is 0 Å². The second-order valence-electron chi connectivity index (χ2n) is 3.26. The molecule has 0 bridgehead atoms. The highest BCUT2D eigenvalue weighted by Crippen LogP contribution is 2.25. The van der Waals surface area contributed by atoms with Crippen LogP contribution in [0.25, 0.3) is 0 Å². The highest BCUT2D eigenvalue weighted by Gasteiger charge is 2.14. The first kappa shape index (κ1) is 10.8. The Labute approximate surface area is 83.5 Å². The number of nitrogen functional groups attached to an aromatic ring is 1. The summed E-state index contributed by atoms with van der Waals surface area (Å²) >= 11 is 0. The summed E-state index contributed by atoms with van der Waals surface area (Å²) in [6, 6.07) is 4.78. The van der Waals surface area contributed by atoms with E-state index in [9.17, 15) is 5.11 Å². The van der Waals surface area contributed by atoms with Crippen LogP contribution in [0.2, 0.25) is 0 Å². The molecular weight excluding hydrogens is 180 g/mol. The number of aliphatic hydroxyl groups is 1. The van der Waals surface area contributed by atoms with Crippen molar-refractivity contribution < 1.29 is 9.84 Å². The molecule has 0 aliphatic rings. The van der Waals surface area contributed by atoms with Gasteiger partial charge in [0.15, 0.2) is 0 Å². The van der Waals surface area contributed by atoms with Crippen LogP contribution >= 0.6 is 0 Å². The number of rotatable bonds is 3. The van der Waals surface area contributed by atoms with Crippen molar-refractivity contribution in [2.24, 2.45) is 5.73 Å². The molecule has 0 radical (unpaired) electrons. The number of hydrogen-bond donors (Lipinski definition) is 3. The SMILES string of the molecule is COc1ccc([C@H](N)[C@@H](C)O)c(N)c1. The Morgan fingerprint density at radius 2 is 2.07 bits per heavy atom. The van der Waals surface area contributed by atoms with Crippen LogP contribution in [0, 0.1) is 0 Å². The van der Waals surface area contributed by atoms with Gasteiger partial charge in [0.25, 0.3) is 0 Å². The molecule has 0 heterocycles. The molecule has 0 aliphatic carbocycles. The molecule has 78 valence electrons. The standard InChI is InChI=1S/C10H16N2O2/c1-6(13)10(12)8-4-3-7(14-2)5-9(8)11/h3-6,10,13H,11-12H2,1-2H3/t6-,10-/m1/s1. The fourth-order valence-corrected chi connectivity index (χ4v) is 1.24. The van der Waals surface area contributed by atoms with Crippen molar-refractivity contribution in [3.63, 3.8) is 0 Å². The Kier molecular flexibility index (Phi) is 3.33. The van der Waals surface area contributed by atoms with Crippen molar-refractivity contribution in [1.29, 1.82) is 0 Å². The lowest BCUT2D eigenvalue weighted by molar-refractivity contribution is 0.164. The highest BCUT2D eigenvalue weighted by molar-refractivity contribution is 5.53. The van der Waals surface area contributed by atoms with Crippen LogP contribution in [0.15, 0.2) is 18.2 Å². The number of aliphatic hydroxyl groups excluding tert-OH is 1. The molecule has 0 amide bonds. The molecule has 1 aromatic carbocycles. The third kappa shape index (κ3) is 2.16. The van der Waals surface area contributed by atoms with E-state index in [4.69, 9.17) is 16.2 Å². The van der Waals surface area contributed by atoms with Crippen LogP contribution in [0.5, 0.6) is 5.75 Å². The minimum atomic E-state index is -0.620. The van der Waals surface area contributed by atoms with Crippen molar-refractivity contribution in [2.45, 2.75) is 19.1 Å². The summed E-state index contributed by atoms with van der Waals surface area (Å²) in [5.74, 6) is 0.684. The molecule has 4 heteroatoms. The van der Waals surface area contributed by atoms with Crippen molar-refractivity contribution in [3.05, 3.63) is 23.8 Å². The predicted octanol–water partition coefficient (Wildman–Crippen LogP) is 0.658. The monoisotopic (exact) mass is 196 g/mol. The Bertz CT molecular complexity index is 313. The average Bonchev–Trinajstić information content (AvgIpc) is 2.16. The first-order valence-electron chi connectivity index (χ1n) is 4.43. The summed E-state index contributed by atoms with van der Waals surface area (Å²) in [5, 5.41) is 9.31. The minimum absolute atomic E-state index is 0.457. The van der Waals surface area contributed by atoms with Gasteiger partial charge in [-0.1, -0.05) is 6.07 Å². The molecule has 0 unspecified atom stereocenters. The van der Waals surface area contributed by atoms with Gasteiger partial charge >= 0.3 is 0 Å². The number of hydrogen-bond acceptors (Lipinski definition) is 4. The van der Waals surface area contributed by atoms with E-state index in [0.717, 1.165) is 5.56 Å². The quantitative estimate of drug-likeness (QED) is 0.620. The fraction of sp³-hybridized carbons (Fsp3) is 0.400. The van der Waals surface area contributed by atoms with E-state index in [1.54, 1.807) is 32.2 Å². The van der Waals surface area contributed by atoms with Crippen molar-refractivity contribution in [2.75, 3.05) is 12.8 Å². The van der Waals surface area contributed by atoms with Crippen LogP contribution in [-0.4, -0.2) is 18.3 Å². The number of benzene rings is 1.